The van der Waals surface area contributed by atoms with Crippen LogP contribution in [0.4, 0.5) is 0 Å². The van der Waals surface area contributed by atoms with Gasteiger partial charge in [-0.15, -0.1) is 11.8 Å². The van der Waals surface area contributed by atoms with E-state index >= 15 is 0 Å². The molecule has 1 aliphatic heterocycles. The van der Waals surface area contributed by atoms with Crippen molar-refractivity contribution in [3.8, 4) is 0 Å². The number of aryl methyl sites for hydroxylation is 1. The van der Waals surface area contributed by atoms with Crippen LogP contribution >= 0.6 is 11.8 Å². The number of rotatable bonds is 5. The molecule has 1 amide bonds. The van der Waals surface area contributed by atoms with Crippen molar-refractivity contribution in [3.63, 3.8) is 0 Å². The van der Waals surface area contributed by atoms with E-state index in [4.69, 9.17) is 4.42 Å². The zero-order chi connectivity index (χ0) is 14.7. The van der Waals surface area contributed by atoms with Crippen LogP contribution in [0.25, 0.3) is 0 Å². The number of pyridine rings is 1. The van der Waals surface area contributed by atoms with Gasteiger partial charge >= 0.3 is 0 Å². The number of hydrogen-bond acceptors (Lipinski definition) is 4. The molecule has 5 heteroatoms. The number of thioether (sulfide) groups is 1. The Bertz CT molecular complexity index is 612. The second-order valence-electron chi connectivity index (χ2n) is 4.98. The smallest absolute Gasteiger partial charge is 0.233 e. The molecule has 1 unspecified atom stereocenters. The molecule has 1 fully saturated rings. The van der Waals surface area contributed by atoms with Crippen LogP contribution in [-0.4, -0.2) is 28.1 Å². The highest BCUT2D eigenvalue weighted by Gasteiger charge is 2.34. The van der Waals surface area contributed by atoms with Crippen LogP contribution in [0.1, 0.15) is 29.5 Å². The fourth-order valence-electron chi connectivity index (χ4n) is 2.43. The van der Waals surface area contributed by atoms with Crippen molar-refractivity contribution in [1.29, 1.82) is 0 Å². The third-order valence-corrected chi connectivity index (χ3v) is 4.79. The Morgan fingerprint density at radius 2 is 2.29 bits per heavy atom. The number of furan rings is 1. The lowest BCUT2D eigenvalue weighted by atomic mass is 10.2. The van der Waals surface area contributed by atoms with Gasteiger partial charge in [0.05, 0.1) is 5.75 Å². The molecular formula is C16H18N2O2S. The lowest BCUT2D eigenvalue weighted by Gasteiger charge is -2.22. The number of carbonyl (C=O) groups is 1. The second kappa shape index (κ2) is 6.35. The first-order valence-corrected chi connectivity index (χ1v) is 8.22. The van der Waals surface area contributed by atoms with Crippen molar-refractivity contribution in [3.05, 3.63) is 53.7 Å². The minimum absolute atomic E-state index is 0.00140. The van der Waals surface area contributed by atoms with Crippen molar-refractivity contribution in [2.45, 2.75) is 25.1 Å². The Kier molecular flexibility index (Phi) is 4.29. The van der Waals surface area contributed by atoms with E-state index in [0.717, 1.165) is 30.1 Å². The first kappa shape index (κ1) is 14.2. The van der Waals surface area contributed by atoms with E-state index in [1.165, 1.54) is 0 Å². The highest BCUT2D eigenvalue weighted by atomic mass is 32.2. The molecule has 0 N–H and O–H groups in total. The van der Waals surface area contributed by atoms with Gasteiger partial charge in [-0.05, 0) is 24.3 Å². The first-order chi connectivity index (χ1) is 10.3. The molecule has 1 atom stereocenters. The highest BCUT2D eigenvalue weighted by molar-refractivity contribution is 8.00. The van der Waals surface area contributed by atoms with Crippen LogP contribution in [0.2, 0.25) is 0 Å². The topological polar surface area (TPSA) is 46.3 Å². The van der Waals surface area contributed by atoms with E-state index in [2.05, 4.69) is 11.9 Å². The Morgan fingerprint density at radius 1 is 1.38 bits per heavy atom. The summed E-state index contributed by atoms with van der Waals surface area (Å²) < 4.78 is 5.82. The Morgan fingerprint density at radius 3 is 3.00 bits per heavy atom. The van der Waals surface area contributed by atoms with Crippen molar-refractivity contribution in [2.24, 2.45) is 0 Å². The molecule has 3 heterocycles. The molecule has 1 aliphatic rings. The van der Waals surface area contributed by atoms with Crippen LogP contribution in [0.3, 0.4) is 0 Å². The molecule has 0 aromatic carbocycles. The second-order valence-corrected chi connectivity index (χ2v) is 6.05. The number of aromatic nitrogens is 1. The van der Waals surface area contributed by atoms with Gasteiger partial charge in [-0.3, -0.25) is 9.78 Å². The predicted octanol–water partition coefficient (Wildman–Crippen LogP) is 3.05. The zero-order valence-corrected chi connectivity index (χ0v) is 12.8. The van der Waals surface area contributed by atoms with Crippen LogP contribution in [-0.2, 0) is 17.6 Å². The van der Waals surface area contributed by atoms with Crippen molar-refractivity contribution >= 4 is 17.7 Å². The molecule has 0 bridgehead atoms. The molecule has 1 saturated heterocycles. The highest BCUT2D eigenvalue weighted by Crippen LogP contribution is 2.39. The molecule has 0 aliphatic carbocycles. The summed E-state index contributed by atoms with van der Waals surface area (Å²) in [4.78, 5) is 18.3. The van der Waals surface area contributed by atoms with Gasteiger partial charge < -0.3 is 9.32 Å². The van der Waals surface area contributed by atoms with Gasteiger partial charge in [0.25, 0.3) is 0 Å². The third kappa shape index (κ3) is 3.13. The lowest BCUT2D eigenvalue weighted by Crippen LogP contribution is -2.30. The molecule has 110 valence electrons. The Balaban J connectivity index is 1.70. The summed E-state index contributed by atoms with van der Waals surface area (Å²) in [7, 11) is 0. The SMILES string of the molecule is CCc1ccc(C2SCC(=O)N2CCc2ccccn2)o1. The van der Waals surface area contributed by atoms with Crippen LogP contribution in [0, 0.1) is 0 Å². The summed E-state index contributed by atoms with van der Waals surface area (Å²) in [5, 5.41) is 0.00140. The van der Waals surface area contributed by atoms with E-state index in [1.807, 2.05) is 35.2 Å². The number of amides is 1. The molecule has 4 nitrogen and oxygen atoms in total. The van der Waals surface area contributed by atoms with E-state index in [0.29, 0.717) is 12.3 Å². The minimum Gasteiger partial charge on any atom is -0.463 e. The molecule has 2 aromatic rings. The van der Waals surface area contributed by atoms with E-state index < -0.39 is 0 Å². The molecule has 0 saturated carbocycles. The van der Waals surface area contributed by atoms with Gasteiger partial charge in [0.15, 0.2) is 0 Å². The van der Waals surface area contributed by atoms with Gasteiger partial charge in [-0.25, -0.2) is 0 Å². The minimum atomic E-state index is 0.00140. The van der Waals surface area contributed by atoms with Crippen LogP contribution in [0.15, 0.2) is 40.9 Å². The van der Waals surface area contributed by atoms with Gasteiger partial charge in [-0.1, -0.05) is 13.0 Å². The Labute approximate surface area is 128 Å². The van der Waals surface area contributed by atoms with Crippen LogP contribution < -0.4 is 0 Å². The maximum Gasteiger partial charge on any atom is 0.233 e. The molecule has 3 rings (SSSR count). The third-order valence-electron chi connectivity index (χ3n) is 3.58. The standard InChI is InChI=1S/C16H18N2O2S/c1-2-13-6-7-14(20-13)16-18(15(19)11-21-16)10-8-12-5-3-4-9-17-12/h3-7,9,16H,2,8,10-11H2,1H3. The molecule has 2 aromatic heterocycles. The van der Waals surface area contributed by atoms with Gasteiger partial charge in [0, 0.05) is 31.3 Å². The van der Waals surface area contributed by atoms with Gasteiger partial charge in [0.1, 0.15) is 16.9 Å². The summed E-state index contributed by atoms with van der Waals surface area (Å²) >= 11 is 1.63. The fraction of sp³-hybridized carbons (Fsp3) is 0.375. The number of carbonyl (C=O) groups excluding carboxylic acids is 1. The lowest BCUT2D eigenvalue weighted by molar-refractivity contribution is -0.128. The van der Waals surface area contributed by atoms with Crippen molar-refractivity contribution in [1.82, 2.24) is 9.88 Å². The largest absolute Gasteiger partial charge is 0.463 e. The summed E-state index contributed by atoms with van der Waals surface area (Å²) in [5.74, 6) is 2.54. The predicted molar refractivity (Wildman–Crippen MR) is 82.9 cm³/mol. The monoisotopic (exact) mass is 302 g/mol. The molecule has 0 radical (unpaired) electrons. The van der Waals surface area contributed by atoms with Crippen LogP contribution in [0.5, 0.6) is 0 Å². The fourth-order valence-corrected chi connectivity index (χ4v) is 3.59. The van der Waals surface area contributed by atoms with E-state index in [-0.39, 0.29) is 11.3 Å². The maximum absolute atomic E-state index is 12.1. The quantitative estimate of drug-likeness (QED) is 0.851. The average molecular weight is 302 g/mol. The van der Waals surface area contributed by atoms with Gasteiger partial charge in [-0.2, -0.15) is 0 Å². The summed E-state index contributed by atoms with van der Waals surface area (Å²) in [6.07, 6.45) is 3.43. The van der Waals surface area contributed by atoms with E-state index in [9.17, 15) is 4.79 Å². The zero-order valence-electron chi connectivity index (χ0n) is 12.0. The molecule has 0 spiro atoms. The molecule has 21 heavy (non-hydrogen) atoms. The average Bonchev–Trinajstić information content (AvgIpc) is 3.12. The van der Waals surface area contributed by atoms with E-state index in [1.54, 1.807) is 18.0 Å². The molecular weight excluding hydrogens is 284 g/mol. The first-order valence-electron chi connectivity index (χ1n) is 7.17. The maximum atomic E-state index is 12.1. The summed E-state index contributed by atoms with van der Waals surface area (Å²) in [5.41, 5.74) is 1.01. The normalized spacial score (nSPS) is 18.4. The van der Waals surface area contributed by atoms with Crippen molar-refractivity contribution in [2.75, 3.05) is 12.3 Å². The summed E-state index contributed by atoms with van der Waals surface area (Å²) in [6, 6.07) is 9.85. The Hall–Kier alpha value is -1.75. The van der Waals surface area contributed by atoms with Crippen molar-refractivity contribution < 1.29 is 9.21 Å². The van der Waals surface area contributed by atoms with Gasteiger partial charge in [0.2, 0.25) is 5.91 Å². The summed E-state index contributed by atoms with van der Waals surface area (Å²) in [6.45, 7) is 2.74. The number of nitrogens with zero attached hydrogens (tertiary/aromatic N) is 2. The number of hydrogen-bond donors (Lipinski definition) is 0.